The average Bonchev–Trinajstić information content (AvgIpc) is 2.97. The fraction of sp³-hybridized carbons (Fsp3) is 0.308. The van der Waals surface area contributed by atoms with Crippen molar-refractivity contribution in [1.82, 2.24) is 10.1 Å². The normalized spacial score (nSPS) is 19.2. The monoisotopic (exact) mass is 277 g/mol. The Balaban J connectivity index is 1.82. The Labute approximate surface area is 115 Å². The van der Waals surface area contributed by atoms with Crippen LogP contribution in [0.15, 0.2) is 28.8 Å². The Morgan fingerprint density at radius 1 is 1.37 bits per heavy atom. The van der Waals surface area contributed by atoms with Crippen LogP contribution in [0.5, 0.6) is 0 Å². The summed E-state index contributed by atoms with van der Waals surface area (Å²) in [6.45, 7) is 2.32. The van der Waals surface area contributed by atoms with Crippen LogP contribution in [-0.2, 0) is 4.79 Å². The van der Waals surface area contributed by atoms with E-state index in [9.17, 15) is 4.79 Å². The van der Waals surface area contributed by atoms with Gasteiger partial charge in [-0.15, -0.1) is 0 Å². The van der Waals surface area contributed by atoms with Gasteiger partial charge in [0.15, 0.2) is 5.82 Å². The molecule has 1 amide bonds. The number of carbonyl (C=O) groups excluding carboxylic acids is 1. The number of hydrogen-bond donors (Lipinski definition) is 0. The Hall–Kier alpha value is -1.88. The molecule has 2 heterocycles. The molecule has 0 radical (unpaired) electrons. The maximum absolute atomic E-state index is 12.1. The van der Waals surface area contributed by atoms with Gasteiger partial charge in [0.05, 0.1) is 5.92 Å². The van der Waals surface area contributed by atoms with Crippen LogP contribution >= 0.6 is 11.6 Å². The van der Waals surface area contributed by atoms with Gasteiger partial charge in [-0.25, -0.2) is 0 Å². The van der Waals surface area contributed by atoms with Gasteiger partial charge in [-0.05, 0) is 31.2 Å². The van der Waals surface area contributed by atoms with Gasteiger partial charge in [0.2, 0.25) is 11.8 Å². The van der Waals surface area contributed by atoms with Crippen molar-refractivity contribution in [3.8, 4) is 0 Å². The molecule has 0 bridgehead atoms. The van der Waals surface area contributed by atoms with E-state index in [4.69, 9.17) is 16.1 Å². The second-order valence-corrected chi connectivity index (χ2v) is 5.00. The molecule has 3 rings (SSSR count). The van der Waals surface area contributed by atoms with Crippen LogP contribution in [0.1, 0.15) is 24.1 Å². The number of aryl methyl sites for hydroxylation is 1. The van der Waals surface area contributed by atoms with E-state index in [1.165, 1.54) is 0 Å². The smallest absolute Gasteiger partial charge is 0.232 e. The zero-order valence-corrected chi connectivity index (χ0v) is 11.1. The van der Waals surface area contributed by atoms with E-state index in [-0.39, 0.29) is 11.8 Å². The van der Waals surface area contributed by atoms with Crippen LogP contribution in [-0.4, -0.2) is 22.6 Å². The van der Waals surface area contributed by atoms with Gasteiger partial charge < -0.3 is 9.42 Å². The molecular formula is C13H12ClN3O2. The second kappa shape index (κ2) is 4.66. The van der Waals surface area contributed by atoms with Crippen LogP contribution in [0.2, 0.25) is 5.02 Å². The predicted molar refractivity (Wildman–Crippen MR) is 70.2 cm³/mol. The number of carbonyl (C=O) groups is 1. The Morgan fingerprint density at radius 3 is 2.74 bits per heavy atom. The number of amides is 1. The number of hydrogen-bond acceptors (Lipinski definition) is 4. The predicted octanol–water partition coefficient (Wildman–Crippen LogP) is 2.55. The molecule has 0 saturated carbocycles. The van der Waals surface area contributed by atoms with Gasteiger partial charge in [-0.1, -0.05) is 16.8 Å². The van der Waals surface area contributed by atoms with E-state index in [1.54, 1.807) is 24.0 Å². The number of benzene rings is 1. The van der Waals surface area contributed by atoms with Gasteiger partial charge in [0.25, 0.3) is 0 Å². The van der Waals surface area contributed by atoms with E-state index in [1.807, 2.05) is 12.1 Å². The molecule has 1 saturated heterocycles. The minimum Gasteiger partial charge on any atom is -0.339 e. The van der Waals surface area contributed by atoms with Crippen LogP contribution in [0.4, 0.5) is 5.69 Å². The first-order valence-electron chi connectivity index (χ1n) is 5.99. The maximum atomic E-state index is 12.1. The molecule has 98 valence electrons. The molecule has 0 unspecified atom stereocenters. The van der Waals surface area contributed by atoms with Crippen molar-refractivity contribution in [1.29, 1.82) is 0 Å². The lowest BCUT2D eigenvalue weighted by atomic mass is 10.1. The third kappa shape index (κ3) is 2.33. The lowest BCUT2D eigenvalue weighted by molar-refractivity contribution is -0.117. The molecule has 1 aliphatic rings. The van der Waals surface area contributed by atoms with E-state index in [2.05, 4.69) is 10.1 Å². The summed E-state index contributed by atoms with van der Waals surface area (Å²) >= 11 is 5.85. The van der Waals surface area contributed by atoms with Crippen LogP contribution in [0.3, 0.4) is 0 Å². The average molecular weight is 278 g/mol. The van der Waals surface area contributed by atoms with E-state index in [0.29, 0.717) is 29.7 Å². The standard InChI is InChI=1S/C13H12ClN3O2/c1-8-15-13(19-16-8)9-6-12(18)17(7-9)11-4-2-10(14)3-5-11/h2-5,9H,6-7H2,1H3/t9-/m1/s1. The van der Waals surface area contributed by atoms with Crippen LogP contribution < -0.4 is 4.90 Å². The number of aromatic nitrogens is 2. The zero-order chi connectivity index (χ0) is 13.4. The van der Waals surface area contributed by atoms with Gasteiger partial charge in [0.1, 0.15) is 0 Å². The van der Waals surface area contributed by atoms with Gasteiger partial charge in [-0.3, -0.25) is 4.79 Å². The highest BCUT2D eigenvalue weighted by atomic mass is 35.5. The maximum Gasteiger partial charge on any atom is 0.232 e. The summed E-state index contributed by atoms with van der Waals surface area (Å²) in [6, 6.07) is 7.21. The summed E-state index contributed by atoms with van der Waals surface area (Å²) in [4.78, 5) is 18.0. The number of rotatable bonds is 2. The topological polar surface area (TPSA) is 59.2 Å². The van der Waals surface area contributed by atoms with Gasteiger partial charge in [0, 0.05) is 23.7 Å². The second-order valence-electron chi connectivity index (χ2n) is 4.56. The largest absolute Gasteiger partial charge is 0.339 e. The van der Waals surface area contributed by atoms with E-state index < -0.39 is 0 Å². The minimum absolute atomic E-state index is 0.0376. The first-order chi connectivity index (χ1) is 9.13. The van der Waals surface area contributed by atoms with Crippen LogP contribution in [0, 0.1) is 6.92 Å². The van der Waals surface area contributed by atoms with E-state index >= 15 is 0 Å². The zero-order valence-electron chi connectivity index (χ0n) is 10.3. The Morgan fingerprint density at radius 2 is 2.11 bits per heavy atom. The van der Waals surface area contributed by atoms with Gasteiger partial charge in [-0.2, -0.15) is 4.98 Å². The van der Waals surface area contributed by atoms with Crippen molar-refractivity contribution >= 4 is 23.2 Å². The summed E-state index contributed by atoms with van der Waals surface area (Å²) in [5, 5.41) is 4.41. The SMILES string of the molecule is Cc1noc([C@@H]2CC(=O)N(c3ccc(Cl)cc3)C2)n1. The number of halogens is 1. The molecular weight excluding hydrogens is 266 g/mol. The van der Waals surface area contributed by atoms with Crippen molar-refractivity contribution in [3.63, 3.8) is 0 Å². The molecule has 1 aromatic heterocycles. The lowest BCUT2D eigenvalue weighted by Gasteiger charge is -2.15. The van der Waals surface area contributed by atoms with Gasteiger partial charge >= 0.3 is 0 Å². The molecule has 19 heavy (non-hydrogen) atoms. The highest BCUT2D eigenvalue weighted by molar-refractivity contribution is 6.30. The molecule has 5 nitrogen and oxygen atoms in total. The molecule has 0 aliphatic carbocycles. The first-order valence-corrected chi connectivity index (χ1v) is 6.37. The van der Waals surface area contributed by atoms with Crippen molar-refractivity contribution in [2.24, 2.45) is 0 Å². The molecule has 0 N–H and O–H groups in total. The van der Waals surface area contributed by atoms with Crippen LogP contribution in [0.25, 0.3) is 0 Å². The quantitative estimate of drug-likeness (QED) is 0.846. The first kappa shape index (κ1) is 12.2. The Bertz CT molecular complexity index is 609. The molecule has 1 fully saturated rings. The highest BCUT2D eigenvalue weighted by Gasteiger charge is 2.34. The van der Waals surface area contributed by atoms with Crippen molar-refractivity contribution in [2.45, 2.75) is 19.3 Å². The minimum atomic E-state index is -0.0376. The molecule has 1 aromatic carbocycles. The summed E-state index contributed by atoms with van der Waals surface area (Å²) < 4.78 is 5.14. The molecule has 2 aromatic rings. The third-order valence-corrected chi connectivity index (χ3v) is 3.41. The fourth-order valence-electron chi connectivity index (χ4n) is 2.22. The molecule has 6 heteroatoms. The van der Waals surface area contributed by atoms with Crippen molar-refractivity contribution in [2.75, 3.05) is 11.4 Å². The molecule has 1 aliphatic heterocycles. The van der Waals surface area contributed by atoms with Crippen molar-refractivity contribution in [3.05, 3.63) is 41.0 Å². The summed E-state index contributed by atoms with van der Waals surface area (Å²) in [6.07, 6.45) is 0.393. The highest BCUT2D eigenvalue weighted by Crippen LogP contribution is 2.31. The summed E-state index contributed by atoms with van der Waals surface area (Å²) in [7, 11) is 0. The lowest BCUT2D eigenvalue weighted by Crippen LogP contribution is -2.24. The molecule has 1 atom stereocenters. The van der Waals surface area contributed by atoms with Crippen molar-refractivity contribution < 1.29 is 9.32 Å². The fourth-order valence-corrected chi connectivity index (χ4v) is 2.35. The Kier molecular flexibility index (Phi) is 2.98. The number of nitrogens with zero attached hydrogens (tertiary/aromatic N) is 3. The third-order valence-electron chi connectivity index (χ3n) is 3.16. The summed E-state index contributed by atoms with van der Waals surface area (Å²) in [5.74, 6) is 1.14. The number of anilines is 1. The molecule has 0 spiro atoms. The van der Waals surface area contributed by atoms with E-state index in [0.717, 1.165) is 5.69 Å². The summed E-state index contributed by atoms with van der Waals surface area (Å²) in [5.41, 5.74) is 0.841.